The molecule has 0 saturated carbocycles. The van der Waals surface area contributed by atoms with E-state index < -0.39 is 65.4 Å². The number of aromatic amines is 2. The maximum Gasteiger partial charge on any atom is 2.00 e. The average Bonchev–Trinajstić information content (AvgIpc) is 4.07. The number of aromatic nitrogens is 3. The van der Waals surface area contributed by atoms with Gasteiger partial charge in [-0.25, -0.2) is 4.98 Å². The molecule has 7 atom stereocenters. The Kier molecular flexibility index (Phi) is 38.8. The van der Waals surface area contributed by atoms with Crippen LogP contribution in [-0.4, -0.2) is 139 Å². The molecule has 0 bridgehead atoms. The Labute approximate surface area is 549 Å². The molecule has 28 heteroatoms. The van der Waals surface area contributed by atoms with E-state index in [1.54, 1.807) is 52.0 Å². The van der Waals surface area contributed by atoms with Crippen LogP contribution >= 0.6 is 11.8 Å². The number of fused-ring (bicyclic) bond motifs is 1. The zero-order valence-electron chi connectivity index (χ0n) is 53.1. The van der Waals surface area contributed by atoms with E-state index in [4.69, 9.17) is 36.7 Å². The number of nitrogens with two attached hydrogens (primary N) is 2. The first-order chi connectivity index (χ1) is 41.6. The van der Waals surface area contributed by atoms with Gasteiger partial charge < -0.3 is 78.1 Å². The molecule has 24 nitrogen and oxygen atoms in total. The van der Waals surface area contributed by atoms with Gasteiger partial charge in [-0.05, 0) is 112 Å². The third-order valence-corrected chi connectivity index (χ3v) is 15.5. The third kappa shape index (κ3) is 31.5. The summed E-state index contributed by atoms with van der Waals surface area (Å²) in [6.07, 6.45) is 9.44. The molecule has 11 N–H and O–H groups in total. The average molecular weight is 1340 g/mol. The van der Waals surface area contributed by atoms with Gasteiger partial charge in [-0.3, -0.25) is 43.2 Å². The summed E-state index contributed by atoms with van der Waals surface area (Å²) in [5.41, 5.74) is 14.2. The van der Waals surface area contributed by atoms with Gasteiger partial charge in [0, 0.05) is 118 Å². The predicted octanol–water partition coefficient (Wildman–Crippen LogP) is 5.18. The van der Waals surface area contributed by atoms with Crippen LogP contribution in [-0.2, 0) is 103 Å². The zero-order valence-corrected chi connectivity index (χ0v) is 56.4. The molecule has 0 aliphatic rings. The van der Waals surface area contributed by atoms with Crippen LogP contribution in [0.15, 0.2) is 63.4 Å². The van der Waals surface area contributed by atoms with Gasteiger partial charge in [-0.2, -0.15) is 32.2 Å². The van der Waals surface area contributed by atoms with Gasteiger partial charge in [0.1, 0.15) is 35.2 Å². The van der Waals surface area contributed by atoms with Crippen molar-refractivity contribution in [2.24, 2.45) is 67.4 Å². The zero-order chi connectivity index (χ0) is 66.0. The van der Waals surface area contributed by atoms with Crippen LogP contribution in [0.1, 0.15) is 151 Å². The maximum atomic E-state index is 13.9. The number of benzene rings is 1. The van der Waals surface area contributed by atoms with Gasteiger partial charge in [0.05, 0.1) is 23.8 Å². The molecule has 0 spiro atoms. The van der Waals surface area contributed by atoms with Gasteiger partial charge >= 0.3 is 17.1 Å². The van der Waals surface area contributed by atoms with Gasteiger partial charge in [0.25, 0.3) is 0 Å². The molecule has 0 aliphatic carbocycles. The van der Waals surface area contributed by atoms with Crippen molar-refractivity contribution in [3.05, 3.63) is 54.2 Å². The number of hydrogen-bond donors (Lipinski definition) is 9. The second kappa shape index (κ2) is 43.1. The number of imidazole rings is 1. The molecule has 1 aromatic carbocycles. The number of Topliss-reactive ketones (excluding diaryl/α,β-unsaturated/α-hetero) is 5. The normalized spacial score (nSPS) is 14.3. The van der Waals surface area contributed by atoms with Gasteiger partial charge in [-0.15, -0.1) is 0 Å². The van der Waals surface area contributed by atoms with Crippen molar-refractivity contribution >= 4 is 128 Å². The fourth-order valence-electron chi connectivity index (χ4n) is 9.31. The SMILES string of the molecule is CCCC(=O)C(CC(=O)C(C)NC(=O)C(Cc1c[nH]c2ccccc12)NC(=O)C(CCC(N)=O)CC(=O)CCCNC([S-])=NN=C(C)C(C)=NN=C([S-])NC)C(C)C.CSCCC(NC(=O)C(CC(=O)C(CC(C)=O)Cc1cnc[nH]1)CC(C)C)C(N)=O.[Cu+2]. The minimum absolute atomic E-state index is 0. The molecule has 0 aliphatic heterocycles. The van der Waals surface area contributed by atoms with Crippen molar-refractivity contribution in [1.29, 1.82) is 0 Å². The first-order valence-corrected chi connectivity index (χ1v) is 31.9. The summed E-state index contributed by atoms with van der Waals surface area (Å²) in [5, 5.41) is 30.8. The van der Waals surface area contributed by atoms with Crippen molar-refractivity contribution < 1.29 is 65.0 Å². The molecule has 0 saturated heterocycles. The Bertz CT molecular complexity index is 2930. The molecular formula is C61H92CuN14O10S3. The topological polar surface area (TPSA) is 377 Å². The Balaban J connectivity index is 0.00000107. The first-order valence-electron chi connectivity index (χ1n) is 29.7. The number of amides is 5. The van der Waals surface area contributed by atoms with E-state index >= 15 is 0 Å². The molecule has 0 fully saturated rings. The molecule has 495 valence electrons. The van der Waals surface area contributed by atoms with Crippen molar-refractivity contribution in [1.82, 2.24) is 41.5 Å². The maximum absolute atomic E-state index is 13.9. The second-order valence-electron chi connectivity index (χ2n) is 22.6. The van der Waals surface area contributed by atoms with E-state index in [2.05, 4.69) is 61.9 Å². The number of amidine groups is 2. The number of carbonyl (C=O) groups excluding carboxylic acids is 10. The molecule has 89 heavy (non-hydrogen) atoms. The van der Waals surface area contributed by atoms with E-state index in [1.807, 2.05) is 65.1 Å². The van der Waals surface area contributed by atoms with Crippen LogP contribution in [0.2, 0.25) is 0 Å². The molecule has 5 amide bonds. The minimum Gasteiger partial charge on any atom is -0.741 e. The van der Waals surface area contributed by atoms with E-state index in [1.165, 1.54) is 13.3 Å². The van der Waals surface area contributed by atoms with Crippen molar-refractivity contribution in [2.75, 3.05) is 25.6 Å². The largest absolute Gasteiger partial charge is 2.00 e. The predicted molar refractivity (Wildman–Crippen MR) is 351 cm³/mol. The van der Waals surface area contributed by atoms with Crippen LogP contribution < -0.4 is 38.1 Å². The standard InChI is InChI=1S/C40H60N10O6S2.C21H34N4O4S.Cu/c1-8-12-34(52)31(23(2)3)21-35(53)26(6)45-38(56)33(20-28-22-44-32-15-10-9-14-30(28)32)46-37(55)27(16-17-36(41)54)19-29(51)13-11-18-43-40(58)50-48-25(5)24(4)47-49-39(57)42-7;1-13(2)7-16(21(29)25-18(20(22)28)5-6-30-4)10-19(27)15(8-14(3)26)9-17-11-23-12-24-17;/h9-10,14-15,22-23,26-27,31,33,44H,8,11-13,16-21H2,1-7H3,(H2,41,54)(H,45,56)(H,46,55)(H2,42,49,57)(H2,43,50,58);11-13,15-16,18H,5-10H2,1-4H3,(H2,22,28)(H,23,24)(H,25,29);/q;;+2/p-2. The number of rotatable bonds is 40. The Morgan fingerprint density at radius 1 is 0.697 bits per heavy atom. The molecule has 1 radical (unpaired) electrons. The molecule has 2 heterocycles. The van der Waals surface area contributed by atoms with Crippen LogP contribution in [0.25, 0.3) is 10.9 Å². The summed E-state index contributed by atoms with van der Waals surface area (Å²) in [6.45, 7) is 16.3. The first kappa shape index (κ1) is 80.3. The molecule has 3 rings (SSSR count). The summed E-state index contributed by atoms with van der Waals surface area (Å²) in [7, 11) is 1.63. The van der Waals surface area contributed by atoms with Crippen LogP contribution in [0.5, 0.6) is 0 Å². The number of H-pyrrole nitrogens is 2. The molecule has 7 unspecified atom stereocenters. The summed E-state index contributed by atoms with van der Waals surface area (Å²) in [4.78, 5) is 138. The van der Waals surface area contributed by atoms with E-state index in [-0.39, 0.29) is 125 Å². The molecule has 3 aromatic rings. The summed E-state index contributed by atoms with van der Waals surface area (Å²) in [5.74, 6) is -5.24. The van der Waals surface area contributed by atoms with Crippen LogP contribution in [0, 0.1) is 35.5 Å². The van der Waals surface area contributed by atoms with E-state index in [0.29, 0.717) is 62.2 Å². The van der Waals surface area contributed by atoms with Gasteiger partial charge in [0.2, 0.25) is 29.5 Å². The van der Waals surface area contributed by atoms with Gasteiger partial charge in [0.15, 0.2) is 5.78 Å². The van der Waals surface area contributed by atoms with Crippen LogP contribution in [0.4, 0.5) is 0 Å². The van der Waals surface area contributed by atoms with Crippen molar-refractivity contribution in [3.63, 3.8) is 0 Å². The Morgan fingerprint density at radius 2 is 1.34 bits per heavy atom. The third-order valence-electron chi connectivity index (χ3n) is 14.4. The van der Waals surface area contributed by atoms with E-state index in [0.717, 1.165) is 22.2 Å². The van der Waals surface area contributed by atoms with E-state index in [9.17, 15) is 47.9 Å². The molecule has 2 aromatic heterocycles. The summed E-state index contributed by atoms with van der Waals surface area (Å²) >= 11 is 11.7. The monoisotopic (exact) mass is 1340 g/mol. The number of carbonyl (C=O) groups is 10. The number of thioether (sulfide) groups is 1. The number of primary amides is 2. The quantitative estimate of drug-likeness (QED) is 0.00884. The van der Waals surface area contributed by atoms with Crippen molar-refractivity contribution in [3.8, 4) is 0 Å². The van der Waals surface area contributed by atoms with Crippen molar-refractivity contribution in [2.45, 2.75) is 170 Å². The summed E-state index contributed by atoms with van der Waals surface area (Å²) in [6, 6.07) is 4.65. The fraction of sp³-hybridized carbons (Fsp3) is 0.590. The van der Waals surface area contributed by atoms with Gasteiger partial charge in [-0.1, -0.05) is 52.8 Å². The number of ketones is 5. The molecular weight excluding hydrogens is 1250 g/mol. The number of nitrogens with one attached hydrogen (secondary N) is 7. The number of hydrogen-bond acceptors (Lipinski definition) is 18. The number of nitrogens with zero attached hydrogens (tertiary/aromatic N) is 5. The number of para-hydroxylation sites is 1. The Hall–Kier alpha value is -6.74. The minimum atomic E-state index is -1.15. The second-order valence-corrected chi connectivity index (χ2v) is 24.4. The fourth-order valence-corrected chi connectivity index (χ4v) is 9.97. The summed E-state index contributed by atoms with van der Waals surface area (Å²) < 4.78 is 0. The van der Waals surface area contributed by atoms with Crippen LogP contribution in [0.3, 0.4) is 0 Å². The Morgan fingerprint density at radius 3 is 1.91 bits per heavy atom. The smallest absolute Gasteiger partial charge is 0.741 e.